The molecular weight excluding hydrogens is 238 g/mol. The molecular formula is C12H16BrN. The van der Waals surface area contributed by atoms with E-state index in [0.29, 0.717) is 0 Å². The highest BCUT2D eigenvalue weighted by molar-refractivity contribution is 9.10. The maximum Gasteiger partial charge on any atom is 0.0420 e. The van der Waals surface area contributed by atoms with Gasteiger partial charge in [-0.25, -0.2) is 0 Å². The summed E-state index contributed by atoms with van der Waals surface area (Å²) in [5, 5.41) is 0. The second-order valence-electron chi connectivity index (χ2n) is 4.20. The summed E-state index contributed by atoms with van der Waals surface area (Å²) < 4.78 is 1.16. The van der Waals surface area contributed by atoms with Crippen LogP contribution in [-0.2, 0) is 5.54 Å². The van der Waals surface area contributed by atoms with E-state index in [1.165, 1.54) is 24.8 Å². The first-order valence-electron chi connectivity index (χ1n) is 5.26. The SMILES string of the molecule is NC1(c2ccccc2Br)CCCCC1. The van der Waals surface area contributed by atoms with Crippen molar-refractivity contribution in [2.75, 3.05) is 0 Å². The fraction of sp³-hybridized carbons (Fsp3) is 0.500. The summed E-state index contributed by atoms with van der Waals surface area (Å²) in [5.74, 6) is 0. The fourth-order valence-corrected chi connectivity index (χ4v) is 3.00. The van der Waals surface area contributed by atoms with Gasteiger partial charge in [-0.1, -0.05) is 53.4 Å². The van der Waals surface area contributed by atoms with Crippen LogP contribution in [0.5, 0.6) is 0 Å². The van der Waals surface area contributed by atoms with Gasteiger partial charge in [0.1, 0.15) is 0 Å². The van der Waals surface area contributed by atoms with E-state index in [1.54, 1.807) is 0 Å². The van der Waals surface area contributed by atoms with Crippen molar-refractivity contribution in [1.82, 2.24) is 0 Å². The highest BCUT2D eigenvalue weighted by Gasteiger charge is 2.30. The van der Waals surface area contributed by atoms with Crippen molar-refractivity contribution in [2.24, 2.45) is 5.73 Å². The molecule has 0 bridgehead atoms. The third kappa shape index (κ3) is 1.86. The molecule has 1 saturated carbocycles. The van der Waals surface area contributed by atoms with Gasteiger partial charge in [-0.15, -0.1) is 0 Å². The number of hydrogen-bond acceptors (Lipinski definition) is 1. The van der Waals surface area contributed by atoms with Crippen molar-refractivity contribution in [3.8, 4) is 0 Å². The highest BCUT2D eigenvalue weighted by atomic mass is 79.9. The van der Waals surface area contributed by atoms with Gasteiger partial charge >= 0.3 is 0 Å². The molecule has 0 saturated heterocycles. The normalized spacial score (nSPS) is 20.7. The Hall–Kier alpha value is -0.340. The Bertz CT molecular complexity index is 316. The molecule has 1 aromatic rings. The Morgan fingerprint density at radius 3 is 2.36 bits per heavy atom. The van der Waals surface area contributed by atoms with Gasteiger partial charge in [0.05, 0.1) is 0 Å². The minimum atomic E-state index is -0.0850. The predicted molar refractivity (Wildman–Crippen MR) is 63.1 cm³/mol. The van der Waals surface area contributed by atoms with Crippen LogP contribution in [0.4, 0.5) is 0 Å². The van der Waals surface area contributed by atoms with Gasteiger partial charge in [-0.2, -0.15) is 0 Å². The first-order valence-corrected chi connectivity index (χ1v) is 6.06. The molecule has 0 atom stereocenters. The van der Waals surface area contributed by atoms with E-state index in [0.717, 1.165) is 17.3 Å². The summed E-state index contributed by atoms with van der Waals surface area (Å²) in [5.41, 5.74) is 7.64. The third-order valence-corrected chi connectivity index (χ3v) is 3.85. The molecule has 2 rings (SSSR count). The average molecular weight is 254 g/mol. The lowest BCUT2D eigenvalue weighted by molar-refractivity contribution is 0.301. The van der Waals surface area contributed by atoms with Crippen molar-refractivity contribution >= 4 is 15.9 Å². The lowest BCUT2D eigenvalue weighted by Gasteiger charge is -2.34. The Morgan fingerprint density at radius 1 is 1.07 bits per heavy atom. The van der Waals surface area contributed by atoms with Crippen LogP contribution in [0.15, 0.2) is 28.7 Å². The van der Waals surface area contributed by atoms with E-state index < -0.39 is 0 Å². The Labute approximate surface area is 93.8 Å². The van der Waals surface area contributed by atoms with Gasteiger partial charge in [0, 0.05) is 10.0 Å². The molecule has 2 heteroatoms. The quantitative estimate of drug-likeness (QED) is 0.814. The zero-order valence-electron chi connectivity index (χ0n) is 8.30. The molecule has 1 aliphatic rings. The lowest BCUT2D eigenvalue weighted by Crippen LogP contribution is -2.38. The van der Waals surface area contributed by atoms with Crippen molar-refractivity contribution in [3.05, 3.63) is 34.3 Å². The van der Waals surface area contributed by atoms with E-state index in [4.69, 9.17) is 5.73 Å². The van der Waals surface area contributed by atoms with E-state index >= 15 is 0 Å². The summed E-state index contributed by atoms with van der Waals surface area (Å²) in [7, 11) is 0. The van der Waals surface area contributed by atoms with Crippen LogP contribution in [0, 0.1) is 0 Å². The van der Waals surface area contributed by atoms with Crippen molar-refractivity contribution in [3.63, 3.8) is 0 Å². The highest BCUT2D eigenvalue weighted by Crippen LogP contribution is 2.37. The second kappa shape index (κ2) is 4.03. The van der Waals surface area contributed by atoms with Crippen LogP contribution in [0.2, 0.25) is 0 Å². The molecule has 2 N–H and O–H groups in total. The minimum Gasteiger partial charge on any atom is -0.321 e. The van der Waals surface area contributed by atoms with Gasteiger partial charge < -0.3 is 5.73 Å². The molecule has 1 aromatic carbocycles. The predicted octanol–water partition coefficient (Wildman–Crippen LogP) is 3.57. The van der Waals surface area contributed by atoms with Crippen molar-refractivity contribution < 1.29 is 0 Å². The summed E-state index contributed by atoms with van der Waals surface area (Å²) in [6.07, 6.45) is 6.10. The van der Waals surface area contributed by atoms with Crippen LogP contribution in [0.3, 0.4) is 0 Å². The van der Waals surface area contributed by atoms with Gasteiger partial charge in [-0.05, 0) is 24.5 Å². The van der Waals surface area contributed by atoms with Crippen LogP contribution < -0.4 is 5.73 Å². The molecule has 0 heterocycles. The monoisotopic (exact) mass is 253 g/mol. The Kier molecular flexibility index (Phi) is 2.93. The smallest absolute Gasteiger partial charge is 0.0420 e. The molecule has 1 fully saturated rings. The number of halogens is 1. The van der Waals surface area contributed by atoms with Gasteiger partial charge in [0.25, 0.3) is 0 Å². The largest absolute Gasteiger partial charge is 0.321 e. The van der Waals surface area contributed by atoms with Crippen LogP contribution >= 0.6 is 15.9 Å². The molecule has 0 unspecified atom stereocenters. The third-order valence-electron chi connectivity index (χ3n) is 3.16. The summed E-state index contributed by atoms with van der Waals surface area (Å²) in [6.45, 7) is 0. The molecule has 1 aliphatic carbocycles. The van der Waals surface area contributed by atoms with Crippen LogP contribution in [-0.4, -0.2) is 0 Å². The second-order valence-corrected chi connectivity index (χ2v) is 5.05. The standard InChI is InChI=1S/C12H16BrN/c13-11-7-3-2-6-10(11)12(14)8-4-1-5-9-12/h2-3,6-7H,1,4-5,8-9,14H2. The minimum absolute atomic E-state index is 0.0850. The van der Waals surface area contributed by atoms with E-state index in [1.807, 2.05) is 6.07 Å². The van der Waals surface area contributed by atoms with Gasteiger partial charge in [0.15, 0.2) is 0 Å². The first kappa shape index (κ1) is 10.2. The number of hydrogen-bond donors (Lipinski definition) is 1. The molecule has 0 aromatic heterocycles. The van der Waals surface area contributed by atoms with Crippen LogP contribution in [0.25, 0.3) is 0 Å². The van der Waals surface area contributed by atoms with Crippen LogP contribution in [0.1, 0.15) is 37.7 Å². The number of nitrogens with two attached hydrogens (primary N) is 1. The maximum absolute atomic E-state index is 6.45. The summed E-state index contributed by atoms with van der Waals surface area (Å²) >= 11 is 3.59. The average Bonchev–Trinajstić information content (AvgIpc) is 2.19. The zero-order valence-corrected chi connectivity index (χ0v) is 9.89. The molecule has 0 amide bonds. The number of benzene rings is 1. The van der Waals surface area contributed by atoms with E-state index in [-0.39, 0.29) is 5.54 Å². The first-order chi connectivity index (χ1) is 6.72. The Balaban J connectivity index is 2.32. The molecule has 76 valence electrons. The van der Waals surface area contributed by atoms with E-state index in [9.17, 15) is 0 Å². The molecule has 0 radical (unpaired) electrons. The number of rotatable bonds is 1. The zero-order chi connectivity index (χ0) is 10.0. The molecule has 14 heavy (non-hydrogen) atoms. The van der Waals surface area contributed by atoms with Crippen molar-refractivity contribution in [1.29, 1.82) is 0 Å². The topological polar surface area (TPSA) is 26.0 Å². The molecule has 0 spiro atoms. The van der Waals surface area contributed by atoms with E-state index in [2.05, 4.69) is 34.1 Å². The lowest BCUT2D eigenvalue weighted by atomic mass is 9.77. The molecule has 1 nitrogen and oxygen atoms in total. The Morgan fingerprint density at radius 2 is 1.71 bits per heavy atom. The van der Waals surface area contributed by atoms with Gasteiger partial charge in [-0.3, -0.25) is 0 Å². The fourth-order valence-electron chi connectivity index (χ4n) is 2.32. The molecule has 0 aliphatic heterocycles. The summed E-state index contributed by atoms with van der Waals surface area (Å²) in [4.78, 5) is 0. The van der Waals surface area contributed by atoms with Crippen molar-refractivity contribution in [2.45, 2.75) is 37.6 Å². The van der Waals surface area contributed by atoms with Gasteiger partial charge in [0.2, 0.25) is 0 Å². The summed E-state index contributed by atoms with van der Waals surface area (Å²) in [6, 6.07) is 8.34. The maximum atomic E-state index is 6.45.